The van der Waals surface area contributed by atoms with Crippen LogP contribution in [0.4, 0.5) is 14.5 Å². The van der Waals surface area contributed by atoms with Crippen LogP contribution in [-0.4, -0.2) is 15.9 Å². The molecular weight excluding hydrogens is 390 g/mol. The van der Waals surface area contributed by atoms with E-state index >= 15 is 0 Å². The van der Waals surface area contributed by atoms with Crippen LogP contribution in [0, 0.1) is 23.0 Å². The Kier molecular flexibility index (Phi) is 5.01. The molecule has 0 radical (unpaired) electrons. The van der Waals surface area contributed by atoms with Crippen molar-refractivity contribution in [3.63, 3.8) is 0 Å². The van der Waals surface area contributed by atoms with Crippen molar-refractivity contribution in [1.82, 2.24) is 9.97 Å². The number of nitrogens with zero attached hydrogens (tertiary/aromatic N) is 3. The zero-order chi connectivity index (χ0) is 21.1. The zero-order valence-corrected chi connectivity index (χ0v) is 15.3. The Hall–Kier alpha value is -4.38. The van der Waals surface area contributed by atoms with Crippen molar-refractivity contribution in [3.05, 3.63) is 89.8 Å². The van der Waals surface area contributed by atoms with E-state index in [0.717, 1.165) is 18.2 Å². The lowest BCUT2D eigenvalue weighted by molar-refractivity contribution is 0.102. The summed E-state index contributed by atoms with van der Waals surface area (Å²) in [5, 5.41) is 11.5. The molecule has 0 aliphatic rings. The summed E-state index contributed by atoms with van der Waals surface area (Å²) in [4.78, 5) is 20.5. The summed E-state index contributed by atoms with van der Waals surface area (Å²) < 4.78 is 33.0. The second-order valence-corrected chi connectivity index (χ2v) is 6.26. The van der Waals surface area contributed by atoms with Crippen LogP contribution >= 0.6 is 0 Å². The summed E-state index contributed by atoms with van der Waals surface area (Å²) in [6, 6.07) is 15.6. The third-order valence-electron chi connectivity index (χ3n) is 4.08. The van der Waals surface area contributed by atoms with Gasteiger partial charge in [-0.25, -0.2) is 13.8 Å². The van der Waals surface area contributed by atoms with Gasteiger partial charge in [0.05, 0.1) is 17.2 Å². The molecule has 1 aromatic heterocycles. The van der Waals surface area contributed by atoms with Gasteiger partial charge in [-0.2, -0.15) is 5.26 Å². The lowest BCUT2D eigenvalue weighted by atomic mass is 10.2. The van der Waals surface area contributed by atoms with Gasteiger partial charge in [0.15, 0.2) is 5.69 Å². The van der Waals surface area contributed by atoms with Crippen molar-refractivity contribution in [2.45, 2.75) is 0 Å². The molecule has 0 fully saturated rings. The molecule has 0 saturated carbocycles. The normalized spacial score (nSPS) is 10.4. The standard InChI is InChI=1S/C22H12F2N4O2/c23-14-3-1-2-13(6-14)22(29)28-16-7-15(24)8-19(9-16)30-18-4-5-20-21(10-18)27-17(11-25)12-26-20/h1-10,12H,(H,28,29). The average molecular weight is 402 g/mol. The first-order valence-corrected chi connectivity index (χ1v) is 8.72. The number of benzene rings is 3. The smallest absolute Gasteiger partial charge is 0.255 e. The van der Waals surface area contributed by atoms with Crippen molar-refractivity contribution >= 4 is 22.6 Å². The first kappa shape index (κ1) is 19.0. The average Bonchev–Trinajstić information content (AvgIpc) is 2.72. The fourth-order valence-corrected chi connectivity index (χ4v) is 2.77. The maximum atomic E-state index is 14.0. The predicted molar refractivity (Wildman–Crippen MR) is 105 cm³/mol. The van der Waals surface area contributed by atoms with E-state index in [1.54, 1.807) is 18.2 Å². The van der Waals surface area contributed by atoms with Gasteiger partial charge >= 0.3 is 0 Å². The van der Waals surface area contributed by atoms with Gasteiger partial charge in [-0.15, -0.1) is 0 Å². The molecule has 1 N–H and O–H groups in total. The molecule has 0 aliphatic carbocycles. The SMILES string of the molecule is N#Cc1cnc2ccc(Oc3cc(F)cc(NC(=O)c4cccc(F)c4)c3)cc2n1. The van der Waals surface area contributed by atoms with Gasteiger partial charge in [-0.05, 0) is 36.4 Å². The lowest BCUT2D eigenvalue weighted by Crippen LogP contribution is -2.12. The van der Waals surface area contributed by atoms with Crippen molar-refractivity contribution in [2.75, 3.05) is 5.32 Å². The van der Waals surface area contributed by atoms with E-state index in [-0.39, 0.29) is 22.7 Å². The maximum absolute atomic E-state index is 14.0. The van der Waals surface area contributed by atoms with E-state index in [4.69, 9.17) is 10.00 Å². The molecule has 6 nitrogen and oxygen atoms in total. The third kappa shape index (κ3) is 4.20. The molecule has 4 aromatic rings. The van der Waals surface area contributed by atoms with Crippen LogP contribution in [0.25, 0.3) is 11.0 Å². The summed E-state index contributed by atoms with van der Waals surface area (Å²) in [6.45, 7) is 0. The molecule has 0 saturated heterocycles. The third-order valence-corrected chi connectivity index (χ3v) is 4.08. The number of carbonyl (C=O) groups is 1. The number of rotatable bonds is 4. The molecule has 3 aromatic carbocycles. The largest absolute Gasteiger partial charge is 0.457 e. The zero-order valence-electron chi connectivity index (χ0n) is 15.3. The van der Waals surface area contributed by atoms with E-state index in [0.29, 0.717) is 16.8 Å². The van der Waals surface area contributed by atoms with Gasteiger partial charge in [0, 0.05) is 29.4 Å². The Bertz CT molecular complexity index is 1320. The molecule has 0 atom stereocenters. The number of fused-ring (bicyclic) bond motifs is 1. The number of nitrogens with one attached hydrogen (secondary N) is 1. The van der Waals surface area contributed by atoms with Crippen molar-refractivity contribution in [3.8, 4) is 17.6 Å². The van der Waals surface area contributed by atoms with Crippen LogP contribution in [0.2, 0.25) is 0 Å². The molecule has 8 heteroatoms. The Labute approximate surface area is 169 Å². The number of hydrogen-bond acceptors (Lipinski definition) is 5. The molecule has 1 amide bonds. The van der Waals surface area contributed by atoms with Crippen LogP contribution < -0.4 is 10.1 Å². The number of carbonyl (C=O) groups excluding carboxylic acids is 1. The molecule has 4 rings (SSSR count). The van der Waals surface area contributed by atoms with E-state index in [1.165, 1.54) is 30.5 Å². The topological polar surface area (TPSA) is 87.9 Å². The van der Waals surface area contributed by atoms with Gasteiger partial charge < -0.3 is 10.1 Å². The molecule has 146 valence electrons. The van der Waals surface area contributed by atoms with Gasteiger partial charge in [0.25, 0.3) is 5.91 Å². The van der Waals surface area contributed by atoms with Crippen LogP contribution in [0.3, 0.4) is 0 Å². The highest BCUT2D eigenvalue weighted by Crippen LogP contribution is 2.28. The number of ether oxygens (including phenoxy) is 1. The highest BCUT2D eigenvalue weighted by Gasteiger charge is 2.10. The van der Waals surface area contributed by atoms with Crippen molar-refractivity contribution in [1.29, 1.82) is 5.26 Å². The quantitative estimate of drug-likeness (QED) is 0.529. The van der Waals surface area contributed by atoms with Crippen molar-refractivity contribution in [2.24, 2.45) is 0 Å². The first-order valence-electron chi connectivity index (χ1n) is 8.72. The Morgan fingerprint density at radius 2 is 1.83 bits per heavy atom. The summed E-state index contributed by atoms with van der Waals surface area (Å²) in [6.07, 6.45) is 1.36. The fourth-order valence-electron chi connectivity index (χ4n) is 2.77. The predicted octanol–water partition coefficient (Wildman–Crippen LogP) is 4.82. The summed E-state index contributed by atoms with van der Waals surface area (Å²) in [5.74, 6) is -1.29. The summed E-state index contributed by atoms with van der Waals surface area (Å²) in [7, 11) is 0. The molecular formula is C22H12F2N4O2. The minimum absolute atomic E-state index is 0.100. The maximum Gasteiger partial charge on any atom is 0.255 e. The Morgan fingerprint density at radius 1 is 0.967 bits per heavy atom. The summed E-state index contributed by atoms with van der Waals surface area (Å²) in [5.41, 5.74) is 1.42. The molecule has 0 spiro atoms. The van der Waals surface area contributed by atoms with Crippen LogP contribution in [0.15, 0.2) is 66.9 Å². The van der Waals surface area contributed by atoms with Crippen LogP contribution in [0.5, 0.6) is 11.5 Å². The lowest BCUT2D eigenvalue weighted by Gasteiger charge is -2.10. The molecule has 30 heavy (non-hydrogen) atoms. The molecule has 1 heterocycles. The van der Waals surface area contributed by atoms with Gasteiger partial charge in [-0.3, -0.25) is 9.78 Å². The number of hydrogen-bond donors (Lipinski definition) is 1. The monoisotopic (exact) mass is 402 g/mol. The van der Waals surface area contributed by atoms with Crippen LogP contribution in [-0.2, 0) is 0 Å². The number of anilines is 1. The van der Waals surface area contributed by atoms with Crippen LogP contribution in [0.1, 0.15) is 16.1 Å². The van der Waals surface area contributed by atoms with E-state index < -0.39 is 17.5 Å². The van der Waals surface area contributed by atoms with E-state index in [2.05, 4.69) is 15.3 Å². The summed E-state index contributed by atoms with van der Waals surface area (Å²) >= 11 is 0. The Morgan fingerprint density at radius 3 is 2.63 bits per heavy atom. The highest BCUT2D eigenvalue weighted by molar-refractivity contribution is 6.04. The second-order valence-electron chi connectivity index (χ2n) is 6.26. The van der Waals surface area contributed by atoms with Gasteiger partial charge in [-0.1, -0.05) is 6.07 Å². The van der Waals surface area contributed by atoms with Gasteiger partial charge in [0.2, 0.25) is 0 Å². The van der Waals surface area contributed by atoms with Crippen molar-refractivity contribution < 1.29 is 18.3 Å². The number of nitriles is 1. The molecule has 0 unspecified atom stereocenters. The minimum Gasteiger partial charge on any atom is -0.457 e. The number of halogens is 2. The number of aromatic nitrogens is 2. The first-order chi connectivity index (χ1) is 14.5. The van der Waals surface area contributed by atoms with E-state index in [9.17, 15) is 13.6 Å². The van der Waals surface area contributed by atoms with Gasteiger partial charge in [0.1, 0.15) is 29.2 Å². The molecule has 0 aliphatic heterocycles. The highest BCUT2D eigenvalue weighted by atomic mass is 19.1. The minimum atomic E-state index is -0.630. The Balaban J connectivity index is 1.58. The van der Waals surface area contributed by atoms with E-state index in [1.807, 2.05) is 6.07 Å². The second kappa shape index (κ2) is 7.93. The number of amides is 1. The fraction of sp³-hybridized carbons (Fsp3) is 0. The molecule has 0 bridgehead atoms.